The van der Waals surface area contributed by atoms with Crippen LogP contribution in [0.15, 0.2) is 35.4 Å². The minimum Gasteiger partial charge on any atom is -0.263 e. The first-order valence-electron chi connectivity index (χ1n) is 5.16. The van der Waals surface area contributed by atoms with Crippen LogP contribution in [0, 0.1) is 12.7 Å². The molecule has 5 nitrogen and oxygen atoms in total. The van der Waals surface area contributed by atoms with Crippen LogP contribution in [0.3, 0.4) is 0 Å². The topological polar surface area (TPSA) is 72.0 Å². The Morgan fingerprint density at radius 2 is 2.05 bits per heavy atom. The molecule has 0 saturated heterocycles. The lowest BCUT2D eigenvalue weighted by atomic mass is 10.2. The second-order valence-corrected chi connectivity index (χ2v) is 5.74. The third-order valence-corrected chi connectivity index (χ3v) is 3.79. The van der Waals surface area contributed by atoms with E-state index in [1.807, 2.05) is 0 Å². The van der Waals surface area contributed by atoms with E-state index < -0.39 is 20.7 Å². The maximum absolute atomic E-state index is 13.6. The molecular weight excluding hydrogens is 293 g/mol. The lowest BCUT2D eigenvalue weighted by molar-refractivity contribution is 0.569. The number of hydrogen-bond acceptors (Lipinski definition) is 4. The second kappa shape index (κ2) is 5.10. The van der Waals surface area contributed by atoms with Crippen molar-refractivity contribution in [3.05, 3.63) is 47.1 Å². The number of aromatic nitrogens is 2. The molecule has 0 aliphatic heterocycles. The minimum absolute atomic E-state index is 0.0269. The summed E-state index contributed by atoms with van der Waals surface area (Å²) in [5.41, 5.74) is 0.627. The third kappa shape index (κ3) is 3.18. The molecule has 1 aromatic carbocycles. The quantitative estimate of drug-likeness (QED) is 0.884. The van der Waals surface area contributed by atoms with Gasteiger partial charge in [-0.2, -0.15) is 4.98 Å². The number of hydrogen-bond donors (Lipinski definition) is 1. The summed E-state index contributed by atoms with van der Waals surface area (Å²) in [6, 6.07) is 5.13. The number of nitrogens with one attached hydrogen (secondary N) is 1. The van der Waals surface area contributed by atoms with Gasteiger partial charge in [0.25, 0.3) is 10.0 Å². The molecule has 1 N–H and O–H groups in total. The zero-order chi connectivity index (χ0) is 14.0. The van der Waals surface area contributed by atoms with Crippen LogP contribution in [0.1, 0.15) is 5.56 Å². The van der Waals surface area contributed by atoms with Crippen molar-refractivity contribution in [2.75, 3.05) is 4.72 Å². The van der Waals surface area contributed by atoms with Gasteiger partial charge in [0.1, 0.15) is 16.5 Å². The van der Waals surface area contributed by atoms with Crippen LogP contribution in [-0.4, -0.2) is 18.4 Å². The monoisotopic (exact) mass is 301 g/mol. The molecule has 0 radical (unpaired) electrons. The zero-order valence-electron chi connectivity index (χ0n) is 9.76. The lowest BCUT2D eigenvalue weighted by Gasteiger charge is -2.08. The molecule has 0 spiro atoms. The number of anilines is 1. The fourth-order valence-electron chi connectivity index (χ4n) is 1.40. The Balaban J connectivity index is 2.40. The van der Waals surface area contributed by atoms with Crippen LogP contribution in [0.25, 0.3) is 0 Å². The summed E-state index contributed by atoms with van der Waals surface area (Å²) in [5, 5.41) is -0.107. The van der Waals surface area contributed by atoms with Gasteiger partial charge in [0.15, 0.2) is 0 Å². The second-order valence-electron chi connectivity index (χ2n) is 3.75. The van der Waals surface area contributed by atoms with Gasteiger partial charge >= 0.3 is 0 Å². The molecule has 2 aromatic rings. The highest BCUT2D eigenvalue weighted by Crippen LogP contribution is 2.19. The summed E-state index contributed by atoms with van der Waals surface area (Å²) >= 11 is 5.55. The van der Waals surface area contributed by atoms with Crippen LogP contribution in [0.2, 0.25) is 5.28 Å². The smallest absolute Gasteiger partial charge is 0.263 e. The van der Waals surface area contributed by atoms with E-state index in [1.54, 1.807) is 6.92 Å². The van der Waals surface area contributed by atoms with Crippen LogP contribution in [0.5, 0.6) is 0 Å². The van der Waals surface area contributed by atoms with E-state index in [1.165, 1.54) is 24.4 Å². The van der Waals surface area contributed by atoms with Gasteiger partial charge in [-0.1, -0.05) is 6.07 Å². The molecule has 0 atom stereocenters. The van der Waals surface area contributed by atoms with E-state index in [0.717, 1.165) is 6.07 Å². The summed E-state index contributed by atoms with van der Waals surface area (Å²) in [4.78, 5) is 6.85. The van der Waals surface area contributed by atoms with E-state index in [-0.39, 0.29) is 11.1 Å². The van der Waals surface area contributed by atoms with Crippen molar-refractivity contribution in [3.63, 3.8) is 0 Å². The molecule has 1 heterocycles. The highest BCUT2D eigenvalue weighted by Gasteiger charge is 2.19. The molecule has 8 heteroatoms. The van der Waals surface area contributed by atoms with Crippen LogP contribution < -0.4 is 4.72 Å². The van der Waals surface area contributed by atoms with E-state index in [2.05, 4.69) is 14.7 Å². The Morgan fingerprint density at radius 1 is 1.32 bits per heavy atom. The zero-order valence-corrected chi connectivity index (χ0v) is 11.3. The fraction of sp³-hybridized carbons (Fsp3) is 0.0909. The van der Waals surface area contributed by atoms with E-state index in [4.69, 9.17) is 11.6 Å². The van der Waals surface area contributed by atoms with Gasteiger partial charge in [0.05, 0.1) is 0 Å². The molecule has 1 aromatic heterocycles. The molecule has 0 bridgehead atoms. The standard InChI is InChI=1S/C11H9ClFN3O2S/c1-7-2-3-8(13)9(6-7)19(17,18)16-10-4-5-14-11(12)15-10/h2-6H,1H3,(H,14,15,16). The Hall–Kier alpha value is -1.73. The van der Waals surface area contributed by atoms with Crippen molar-refractivity contribution in [2.45, 2.75) is 11.8 Å². The van der Waals surface area contributed by atoms with Crippen molar-refractivity contribution in [1.29, 1.82) is 0 Å². The van der Waals surface area contributed by atoms with Gasteiger partial charge in [-0.15, -0.1) is 0 Å². The third-order valence-electron chi connectivity index (χ3n) is 2.24. The predicted molar refractivity (Wildman–Crippen MR) is 69.0 cm³/mol. The maximum atomic E-state index is 13.6. The summed E-state index contributed by atoms with van der Waals surface area (Å²) in [7, 11) is -4.06. The Labute approximate surface area is 114 Å². The number of rotatable bonds is 3. The molecule has 2 rings (SSSR count). The Bertz CT molecular complexity index is 722. The summed E-state index contributed by atoms with van der Waals surface area (Å²) in [6.07, 6.45) is 1.29. The normalized spacial score (nSPS) is 11.3. The summed E-state index contributed by atoms with van der Waals surface area (Å²) in [5.74, 6) is -0.862. The van der Waals surface area contributed by atoms with Crippen LogP contribution in [0.4, 0.5) is 10.2 Å². The largest absolute Gasteiger partial charge is 0.265 e. The van der Waals surface area contributed by atoms with Crippen LogP contribution >= 0.6 is 11.6 Å². The predicted octanol–water partition coefficient (Wildman–Crippen LogP) is 2.38. The number of benzene rings is 1. The number of halogens is 2. The molecule has 0 aliphatic carbocycles. The molecule has 100 valence electrons. The molecule has 0 saturated carbocycles. The Kier molecular flexibility index (Phi) is 3.68. The molecule has 0 fully saturated rings. The fourth-order valence-corrected chi connectivity index (χ4v) is 2.71. The highest BCUT2D eigenvalue weighted by atomic mass is 35.5. The average molecular weight is 302 g/mol. The first-order chi connectivity index (χ1) is 8.88. The van der Waals surface area contributed by atoms with Crippen LogP contribution in [-0.2, 0) is 10.0 Å². The average Bonchev–Trinajstić information content (AvgIpc) is 2.31. The highest BCUT2D eigenvalue weighted by molar-refractivity contribution is 7.92. The molecule has 0 aliphatic rings. The first kappa shape index (κ1) is 13.7. The van der Waals surface area contributed by atoms with Crippen molar-refractivity contribution < 1.29 is 12.8 Å². The van der Waals surface area contributed by atoms with Crippen molar-refractivity contribution in [3.8, 4) is 0 Å². The molecule has 0 amide bonds. The van der Waals surface area contributed by atoms with Gasteiger partial charge in [-0.3, -0.25) is 4.72 Å². The van der Waals surface area contributed by atoms with Crippen molar-refractivity contribution in [2.24, 2.45) is 0 Å². The number of aryl methyl sites for hydroxylation is 1. The summed E-state index contributed by atoms with van der Waals surface area (Å²) in [6.45, 7) is 1.67. The van der Waals surface area contributed by atoms with Gasteiger partial charge < -0.3 is 0 Å². The van der Waals surface area contributed by atoms with Gasteiger partial charge in [0, 0.05) is 6.20 Å². The van der Waals surface area contributed by atoms with E-state index in [9.17, 15) is 12.8 Å². The van der Waals surface area contributed by atoms with Crippen molar-refractivity contribution >= 4 is 27.4 Å². The van der Waals surface area contributed by atoms with Gasteiger partial charge in [0.2, 0.25) is 5.28 Å². The van der Waals surface area contributed by atoms with Crippen molar-refractivity contribution in [1.82, 2.24) is 9.97 Å². The SMILES string of the molecule is Cc1ccc(F)c(S(=O)(=O)Nc2ccnc(Cl)n2)c1. The maximum Gasteiger partial charge on any atom is 0.265 e. The molecule has 0 unspecified atom stereocenters. The minimum atomic E-state index is -4.06. The van der Waals surface area contributed by atoms with E-state index in [0.29, 0.717) is 5.56 Å². The molecular formula is C11H9ClFN3O2S. The molecule has 19 heavy (non-hydrogen) atoms. The van der Waals surface area contributed by atoms with E-state index >= 15 is 0 Å². The first-order valence-corrected chi connectivity index (χ1v) is 7.02. The van der Waals surface area contributed by atoms with Gasteiger partial charge in [-0.25, -0.2) is 17.8 Å². The number of sulfonamides is 1. The lowest BCUT2D eigenvalue weighted by Crippen LogP contribution is -2.15. The summed E-state index contributed by atoms with van der Waals surface area (Å²) < 4.78 is 39.8. The number of nitrogens with zero attached hydrogens (tertiary/aromatic N) is 2. The Morgan fingerprint density at radius 3 is 2.74 bits per heavy atom. The van der Waals surface area contributed by atoms with Gasteiger partial charge in [-0.05, 0) is 42.3 Å².